The van der Waals surface area contributed by atoms with Gasteiger partial charge in [0, 0.05) is 38.3 Å². The Balaban J connectivity index is 1.36. The molecule has 2 saturated heterocycles. The molecular weight excluding hydrogens is 551 g/mol. The number of ether oxygens (including phenoxy) is 2. The van der Waals surface area contributed by atoms with Gasteiger partial charge >= 0.3 is 5.97 Å². The summed E-state index contributed by atoms with van der Waals surface area (Å²) in [4.78, 5) is 54.1. The van der Waals surface area contributed by atoms with Crippen molar-refractivity contribution in [3.05, 3.63) is 63.6 Å². The number of carbonyl (C=O) groups is 4. The monoisotopic (exact) mass is 578 g/mol. The number of rotatable bonds is 8. The van der Waals surface area contributed by atoms with E-state index in [-0.39, 0.29) is 34.7 Å². The molecule has 3 amide bonds. The van der Waals surface area contributed by atoms with Gasteiger partial charge in [-0.15, -0.1) is 0 Å². The third-order valence-electron chi connectivity index (χ3n) is 6.54. The maximum absolute atomic E-state index is 12.9. The lowest BCUT2D eigenvalue weighted by molar-refractivity contribution is -0.147. The normalized spacial score (nSPS) is 20.3. The van der Waals surface area contributed by atoms with Crippen molar-refractivity contribution in [3.8, 4) is 0 Å². The number of carboxylic acid groups (broad SMARTS) is 1. The number of carbonyl (C=O) groups excluding carboxylic acids is 3. The molecule has 0 bridgehead atoms. The molecule has 0 saturated carbocycles. The second kappa shape index (κ2) is 12.8. The van der Waals surface area contributed by atoms with Gasteiger partial charge in [0.05, 0.1) is 15.6 Å². The summed E-state index contributed by atoms with van der Waals surface area (Å²) in [5.74, 6) is -2.85. The summed E-state index contributed by atoms with van der Waals surface area (Å²) in [5, 5.41) is 15.3. The average Bonchev–Trinajstić information content (AvgIpc) is 3.39. The first kappa shape index (κ1) is 28.8. The van der Waals surface area contributed by atoms with Crippen LogP contribution in [0.1, 0.15) is 15.9 Å². The molecule has 2 aromatic rings. The first-order chi connectivity index (χ1) is 18.6. The number of benzene rings is 2. The van der Waals surface area contributed by atoms with Crippen LogP contribution in [0.5, 0.6) is 0 Å². The number of nitrogens with zero attached hydrogens (tertiary/aromatic N) is 2. The van der Waals surface area contributed by atoms with Crippen molar-refractivity contribution in [2.24, 2.45) is 0 Å². The SMILES string of the molecule is CN1CCN(C(=O)C2OCOC2C(=O)NC(Cc2ccc(NC(=O)c3c(Cl)cccc3Cl)cc2)C(=O)O)CC1. The van der Waals surface area contributed by atoms with Gasteiger partial charge in [0.1, 0.15) is 12.8 Å². The van der Waals surface area contributed by atoms with Crippen LogP contribution in [0, 0.1) is 0 Å². The van der Waals surface area contributed by atoms with Crippen molar-refractivity contribution in [2.45, 2.75) is 24.7 Å². The molecule has 3 unspecified atom stereocenters. The van der Waals surface area contributed by atoms with Crippen LogP contribution in [0.3, 0.4) is 0 Å². The van der Waals surface area contributed by atoms with Crippen molar-refractivity contribution in [3.63, 3.8) is 0 Å². The molecule has 3 atom stereocenters. The molecule has 0 aliphatic carbocycles. The number of nitrogens with one attached hydrogen (secondary N) is 2. The van der Waals surface area contributed by atoms with Gasteiger partial charge in [-0.3, -0.25) is 14.4 Å². The lowest BCUT2D eigenvalue weighted by Crippen LogP contribution is -2.55. The molecule has 2 fully saturated rings. The predicted octanol–water partition coefficient (Wildman–Crippen LogP) is 1.87. The number of hydrogen-bond donors (Lipinski definition) is 3. The fourth-order valence-electron chi connectivity index (χ4n) is 4.30. The van der Waals surface area contributed by atoms with Crippen LogP contribution in [0.15, 0.2) is 42.5 Å². The van der Waals surface area contributed by atoms with Gasteiger partial charge in [-0.1, -0.05) is 41.4 Å². The highest BCUT2D eigenvalue weighted by Gasteiger charge is 2.43. The summed E-state index contributed by atoms with van der Waals surface area (Å²) < 4.78 is 10.7. The molecule has 2 heterocycles. The van der Waals surface area contributed by atoms with Crippen LogP contribution in [0.25, 0.3) is 0 Å². The molecule has 0 spiro atoms. The number of anilines is 1. The van der Waals surface area contributed by atoms with Crippen molar-refractivity contribution in [1.82, 2.24) is 15.1 Å². The minimum absolute atomic E-state index is 0.0453. The molecule has 13 heteroatoms. The minimum Gasteiger partial charge on any atom is -0.480 e. The molecule has 39 heavy (non-hydrogen) atoms. The summed E-state index contributed by atoms with van der Waals surface area (Å²) in [6.07, 6.45) is -2.44. The molecule has 4 rings (SSSR count). The number of likely N-dealkylation sites (N-methyl/N-ethyl adjacent to an activating group) is 1. The van der Waals surface area contributed by atoms with E-state index in [1.807, 2.05) is 7.05 Å². The number of amides is 3. The highest BCUT2D eigenvalue weighted by molar-refractivity contribution is 6.40. The molecule has 3 N–H and O–H groups in total. The number of aliphatic carboxylic acids is 1. The van der Waals surface area contributed by atoms with Crippen LogP contribution in [0.2, 0.25) is 10.0 Å². The zero-order chi connectivity index (χ0) is 28.1. The summed E-state index contributed by atoms with van der Waals surface area (Å²) in [7, 11) is 1.96. The zero-order valence-electron chi connectivity index (χ0n) is 21.1. The van der Waals surface area contributed by atoms with Gasteiger partial charge in [-0.25, -0.2) is 4.79 Å². The van der Waals surface area contributed by atoms with Gasteiger partial charge in [-0.2, -0.15) is 0 Å². The second-order valence-corrected chi connectivity index (χ2v) is 10.1. The Labute approximate surface area is 234 Å². The first-order valence-electron chi connectivity index (χ1n) is 12.2. The Bertz CT molecular complexity index is 1220. The molecule has 11 nitrogen and oxygen atoms in total. The molecule has 2 aromatic carbocycles. The van der Waals surface area contributed by atoms with E-state index in [9.17, 15) is 24.3 Å². The lowest BCUT2D eigenvalue weighted by atomic mass is 10.0. The van der Waals surface area contributed by atoms with Crippen LogP contribution in [-0.2, 0) is 30.3 Å². The highest BCUT2D eigenvalue weighted by Crippen LogP contribution is 2.25. The average molecular weight is 579 g/mol. The van der Waals surface area contributed by atoms with E-state index >= 15 is 0 Å². The first-order valence-corrected chi connectivity index (χ1v) is 13.0. The molecule has 2 aliphatic heterocycles. The van der Waals surface area contributed by atoms with Gasteiger partial charge in [0.2, 0.25) is 0 Å². The molecular formula is C26H28Cl2N4O7. The van der Waals surface area contributed by atoms with Crippen molar-refractivity contribution >= 4 is 52.6 Å². The maximum atomic E-state index is 12.9. The van der Waals surface area contributed by atoms with Gasteiger partial charge < -0.3 is 35.0 Å². The zero-order valence-corrected chi connectivity index (χ0v) is 22.6. The largest absolute Gasteiger partial charge is 0.480 e. The Hall–Kier alpha value is -3.22. The van der Waals surface area contributed by atoms with Gasteiger partial charge in [-0.05, 0) is 36.9 Å². The van der Waals surface area contributed by atoms with Crippen LogP contribution >= 0.6 is 23.2 Å². The van der Waals surface area contributed by atoms with E-state index in [1.165, 1.54) is 0 Å². The van der Waals surface area contributed by atoms with Crippen LogP contribution in [0.4, 0.5) is 5.69 Å². The summed E-state index contributed by atoms with van der Waals surface area (Å²) in [5.41, 5.74) is 1.17. The standard InChI is InChI=1S/C26H28Cl2N4O7/c1-31-9-11-32(12-10-31)25(35)22-21(38-14-39-22)24(34)30-19(26(36)37)13-15-5-7-16(8-6-15)29-23(33)20-17(27)3-2-4-18(20)28/h2-8,19,21-22H,9-14H2,1H3,(H,29,33)(H,30,34)(H,36,37). The van der Waals surface area contributed by atoms with Crippen molar-refractivity contribution < 1.29 is 33.8 Å². The Morgan fingerprint density at radius 1 is 0.974 bits per heavy atom. The Kier molecular flexibility index (Phi) is 9.41. The van der Waals surface area contributed by atoms with E-state index < -0.39 is 36.0 Å². The molecule has 208 valence electrons. The fraction of sp³-hybridized carbons (Fsp3) is 0.385. The Morgan fingerprint density at radius 3 is 2.21 bits per heavy atom. The number of piperazine rings is 1. The third-order valence-corrected chi connectivity index (χ3v) is 7.17. The summed E-state index contributed by atoms with van der Waals surface area (Å²) >= 11 is 12.2. The van der Waals surface area contributed by atoms with Crippen molar-refractivity contribution in [1.29, 1.82) is 0 Å². The maximum Gasteiger partial charge on any atom is 0.326 e. The number of halogens is 2. The minimum atomic E-state index is -1.29. The van der Waals surface area contributed by atoms with Gasteiger partial charge in [0.15, 0.2) is 12.2 Å². The Morgan fingerprint density at radius 2 is 1.59 bits per heavy atom. The lowest BCUT2D eigenvalue weighted by Gasteiger charge is -2.34. The van der Waals surface area contributed by atoms with E-state index in [4.69, 9.17) is 32.7 Å². The molecule has 2 aliphatic rings. The molecule has 0 radical (unpaired) electrons. The molecule has 0 aromatic heterocycles. The van der Waals surface area contributed by atoms with E-state index in [0.29, 0.717) is 37.4 Å². The smallest absolute Gasteiger partial charge is 0.326 e. The fourth-order valence-corrected chi connectivity index (χ4v) is 4.87. The number of carboxylic acids is 1. The second-order valence-electron chi connectivity index (χ2n) is 9.27. The van der Waals surface area contributed by atoms with Gasteiger partial charge in [0.25, 0.3) is 17.7 Å². The van der Waals surface area contributed by atoms with E-state index in [2.05, 4.69) is 15.5 Å². The van der Waals surface area contributed by atoms with Crippen molar-refractivity contribution in [2.75, 3.05) is 45.3 Å². The highest BCUT2D eigenvalue weighted by atomic mass is 35.5. The third kappa shape index (κ3) is 7.06. The van der Waals surface area contributed by atoms with Crippen LogP contribution < -0.4 is 10.6 Å². The number of hydrogen-bond acceptors (Lipinski definition) is 7. The van der Waals surface area contributed by atoms with E-state index in [0.717, 1.165) is 0 Å². The summed E-state index contributed by atoms with van der Waals surface area (Å²) in [6, 6.07) is 9.89. The van der Waals surface area contributed by atoms with E-state index in [1.54, 1.807) is 47.4 Å². The predicted molar refractivity (Wildman–Crippen MR) is 143 cm³/mol. The topological polar surface area (TPSA) is 138 Å². The summed E-state index contributed by atoms with van der Waals surface area (Å²) in [6.45, 7) is 2.17. The quantitative estimate of drug-likeness (QED) is 0.431. The van der Waals surface area contributed by atoms with Crippen LogP contribution in [-0.4, -0.2) is 96.9 Å².